The summed E-state index contributed by atoms with van der Waals surface area (Å²) in [6.45, 7) is 0.314. The number of rotatable bonds is 5. The molecule has 0 amide bonds. The van der Waals surface area contributed by atoms with Crippen molar-refractivity contribution in [3.63, 3.8) is 0 Å². The smallest absolute Gasteiger partial charge is 0.339 e. The van der Waals surface area contributed by atoms with Crippen molar-refractivity contribution in [3.05, 3.63) is 90.3 Å². The van der Waals surface area contributed by atoms with E-state index >= 15 is 0 Å². The number of pyridine rings is 1. The van der Waals surface area contributed by atoms with Gasteiger partial charge >= 0.3 is 5.97 Å². The molecule has 0 saturated carbocycles. The number of carbonyl (C=O) groups is 1. The number of ether oxygens (including phenoxy) is 1. The molecule has 0 unspecified atom stereocenters. The molecule has 0 atom stereocenters. The fraction of sp³-hybridized carbons (Fsp3) is 0.0476. The van der Waals surface area contributed by atoms with Crippen LogP contribution in [-0.4, -0.2) is 20.5 Å². The van der Waals surface area contributed by atoms with E-state index in [1.807, 2.05) is 71.4 Å². The van der Waals surface area contributed by atoms with Gasteiger partial charge in [-0.1, -0.05) is 36.4 Å². The summed E-state index contributed by atoms with van der Waals surface area (Å²) in [5.74, 6) is -0.687. The summed E-state index contributed by atoms with van der Waals surface area (Å²) in [5.41, 5.74) is 3.36. The number of nitrogens with zero attached hydrogens (tertiary/aromatic N) is 2. The summed E-state index contributed by atoms with van der Waals surface area (Å²) in [7, 11) is 0. The molecule has 0 radical (unpaired) electrons. The van der Waals surface area contributed by atoms with E-state index in [0.717, 1.165) is 16.8 Å². The van der Waals surface area contributed by atoms with Crippen LogP contribution < -0.4 is 4.74 Å². The number of aromatic carboxylic acids is 1. The van der Waals surface area contributed by atoms with Gasteiger partial charge in [-0.15, -0.1) is 0 Å². The molecule has 0 aliphatic carbocycles. The standard InChI is InChI=1S/C21H16N2O3/c24-21(25)17-12-16(18-13-23-11-5-4-8-20(23)22-18)9-10-19(17)26-14-15-6-2-1-3-7-15/h1-13H,14H2,(H,24,25). The summed E-state index contributed by atoms with van der Waals surface area (Å²) < 4.78 is 7.63. The van der Waals surface area contributed by atoms with Crippen molar-refractivity contribution >= 4 is 11.6 Å². The zero-order valence-corrected chi connectivity index (χ0v) is 13.9. The van der Waals surface area contributed by atoms with Crippen molar-refractivity contribution in [1.82, 2.24) is 9.38 Å². The number of imidazole rings is 1. The summed E-state index contributed by atoms with van der Waals surface area (Å²) in [6.07, 6.45) is 3.78. The van der Waals surface area contributed by atoms with Crippen LogP contribution >= 0.6 is 0 Å². The number of hydrogen-bond donors (Lipinski definition) is 1. The number of hydrogen-bond acceptors (Lipinski definition) is 3. The van der Waals surface area contributed by atoms with Crippen molar-refractivity contribution in [3.8, 4) is 17.0 Å². The first-order chi connectivity index (χ1) is 12.7. The average Bonchev–Trinajstić information content (AvgIpc) is 3.11. The van der Waals surface area contributed by atoms with Gasteiger partial charge in [-0.3, -0.25) is 0 Å². The molecule has 2 aromatic carbocycles. The molecule has 5 heteroatoms. The van der Waals surface area contributed by atoms with E-state index in [1.165, 1.54) is 0 Å². The molecule has 128 valence electrons. The number of benzene rings is 2. The van der Waals surface area contributed by atoms with E-state index < -0.39 is 5.97 Å². The van der Waals surface area contributed by atoms with Gasteiger partial charge in [0.2, 0.25) is 0 Å². The third kappa shape index (κ3) is 3.15. The van der Waals surface area contributed by atoms with Crippen LogP contribution in [0.1, 0.15) is 15.9 Å². The second-order valence-corrected chi connectivity index (χ2v) is 5.88. The van der Waals surface area contributed by atoms with Gasteiger partial charge in [0.15, 0.2) is 0 Å². The van der Waals surface area contributed by atoms with Crippen LogP contribution in [-0.2, 0) is 6.61 Å². The molecule has 0 spiro atoms. The van der Waals surface area contributed by atoms with Gasteiger partial charge in [-0.05, 0) is 35.9 Å². The normalized spacial score (nSPS) is 10.8. The van der Waals surface area contributed by atoms with Gasteiger partial charge in [-0.2, -0.15) is 0 Å². The maximum absolute atomic E-state index is 11.7. The van der Waals surface area contributed by atoms with Gasteiger partial charge in [0.1, 0.15) is 23.6 Å². The molecule has 26 heavy (non-hydrogen) atoms. The van der Waals surface area contributed by atoms with Crippen molar-refractivity contribution in [2.45, 2.75) is 6.61 Å². The lowest BCUT2D eigenvalue weighted by molar-refractivity contribution is 0.0692. The quantitative estimate of drug-likeness (QED) is 0.587. The first-order valence-electron chi connectivity index (χ1n) is 8.19. The van der Waals surface area contributed by atoms with Gasteiger partial charge in [-0.25, -0.2) is 9.78 Å². The van der Waals surface area contributed by atoms with Crippen molar-refractivity contribution in [2.24, 2.45) is 0 Å². The molecular weight excluding hydrogens is 328 g/mol. The molecule has 0 aliphatic rings. The van der Waals surface area contributed by atoms with Gasteiger partial charge in [0.05, 0.1) is 5.69 Å². The second-order valence-electron chi connectivity index (χ2n) is 5.88. The summed E-state index contributed by atoms with van der Waals surface area (Å²) >= 11 is 0. The molecule has 2 aromatic heterocycles. The van der Waals surface area contributed by atoms with E-state index in [1.54, 1.807) is 12.1 Å². The Hall–Kier alpha value is -3.60. The third-order valence-corrected chi connectivity index (χ3v) is 4.11. The Morgan fingerprint density at radius 3 is 2.62 bits per heavy atom. The molecule has 0 fully saturated rings. The van der Waals surface area contributed by atoms with E-state index in [4.69, 9.17) is 4.74 Å². The summed E-state index contributed by atoms with van der Waals surface area (Å²) in [6, 6.07) is 20.5. The molecule has 0 bridgehead atoms. The fourth-order valence-corrected chi connectivity index (χ4v) is 2.79. The van der Waals surface area contributed by atoms with Gasteiger partial charge in [0, 0.05) is 18.0 Å². The lowest BCUT2D eigenvalue weighted by Crippen LogP contribution is -2.03. The Balaban J connectivity index is 1.65. The first-order valence-corrected chi connectivity index (χ1v) is 8.19. The number of fused-ring (bicyclic) bond motifs is 1. The van der Waals surface area contributed by atoms with Crippen molar-refractivity contribution < 1.29 is 14.6 Å². The van der Waals surface area contributed by atoms with E-state index in [2.05, 4.69) is 4.98 Å². The molecule has 1 N–H and O–H groups in total. The highest BCUT2D eigenvalue weighted by atomic mass is 16.5. The lowest BCUT2D eigenvalue weighted by atomic mass is 10.1. The number of aromatic nitrogens is 2. The van der Waals surface area contributed by atoms with Crippen LogP contribution in [0, 0.1) is 0 Å². The SMILES string of the molecule is O=C(O)c1cc(-c2cn3ccccc3n2)ccc1OCc1ccccc1. The molecule has 0 saturated heterocycles. The predicted molar refractivity (Wildman–Crippen MR) is 98.4 cm³/mol. The van der Waals surface area contributed by atoms with Crippen LogP contribution in [0.5, 0.6) is 5.75 Å². The summed E-state index contributed by atoms with van der Waals surface area (Å²) in [4.78, 5) is 16.2. The molecular formula is C21H16N2O3. The zero-order chi connectivity index (χ0) is 17.9. The van der Waals surface area contributed by atoms with E-state index in [-0.39, 0.29) is 5.56 Å². The summed E-state index contributed by atoms with van der Waals surface area (Å²) in [5, 5.41) is 9.57. The highest BCUT2D eigenvalue weighted by Gasteiger charge is 2.14. The Morgan fingerprint density at radius 2 is 1.85 bits per heavy atom. The molecule has 4 rings (SSSR count). The molecule has 4 aromatic rings. The lowest BCUT2D eigenvalue weighted by Gasteiger charge is -2.10. The zero-order valence-electron chi connectivity index (χ0n) is 13.9. The highest BCUT2D eigenvalue weighted by Crippen LogP contribution is 2.27. The van der Waals surface area contributed by atoms with Gasteiger partial charge in [0.25, 0.3) is 0 Å². The fourth-order valence-electron chi connectivity index (χ4n) is 2.79. The minimum Gasteiger partial charge on any atom is -0.488 e. The second kappa shape index (κ2) is 6.72. The number of carboxylic acid groups (broad SMARTS) is 1. The largest absolute Gasteiger partial charge is 0.488 e. The average molecular weight is 344 g/mol. The Labute approximate surface area is 150 Å². The van der Waals surface area contributed by atoms with Crippen LogP contribution in [0.15, 0.2) is 79.1 Å². The van der Waals surface area contributed by atoms with Gasteiger partial charge < -0.3 is 14.2 Å². The van der Waals surface area contributed by atoms with E-state index in [0.29, 0.717) is 18.1 Å². The topological polar surface area (TPSA) is 63.8 Å². The number of carboxylic acids is 1. The predicted octanol–water partition coefficient (Wildman–Crippen LogP) is 4.28. The van der Waals surface area contributed by atoms with Crippen LogP contribution in [0.25, 0.3) is 16.9 Å². The Bertz CT molecular complexity index is 1040. The van der Waals surface area contributed by atoms with Crippen LogP contribution in [0.4, 0.5) is 0 Å². The van der Waals surface area contributed by atoms with Crippen LogP contribution in [0.3, 0.4) is 0 Å². The maximum atomic E-state index is 11.7. The van der Waals surface area contributed by atoms with Crippen molar-refractivity contribution in [1.29, 1.82) is 0 Å². The molecule has 0 aliphatic heterocycles. The van der Waals surface area contributed by atoms with E-state index in [9.17, 15) is 9.90 Å². The Morgan fingerprint density at radius 1 is 1.04 bits per heavy atom. The molecule has 2 heterocycles. The van der Waals surface area contributed by atoms with Crippen LogP contribution in [0.2, 0.25) is 0 Å². The monoisotopic (exact) mass is 344 g/mol. The highest BCUT2D eigenvalue weighted by molar-refractivity contribution is 5.92. The first kappa shape index (κ1) is 15.9. The maximum Gasteiger partial charge on any atom is 0.339 e. The third-order valence-electron chi connectivity index (χ3n) is 4.11. The molecule has 5 nitrogen and oxygen atoms in total. The minimum absolute atomic E-state index is 0.121. The van der Waals surface area contributed by atoms with Crippen molar-refractivity contribution in [2.75, 3.05) is 0 Å². The minimum atomic E-state index is -1.03. The Kier molecular flexibility index (Phi) is 4.11.